The van der Waals surface area contributed by atoms with Gasteiger partial charge in [-0.05, 0) is 37.6 Å². The SMILES string of the molecule is CC(NC(=O)CCCN)c1ccc(S(=O)(=O)N(C)C)cc1.Cl. The lowest BCUT2D eigenvalue weighted by Gasteiger charge is -2.16. The molecule has 0 aliphatic carbocycles. The summed E-state index contributed by atoms with van der Waals surface area (Å²) in [5.41, 5.74) is 6.22. The van der Waals surface area contributed by atoms with Gasteiger partial charge in [0.2, 0.25) is 15.9 Å². The Balaban J connectivity index is 0.00000441. The summed E-state index contributed by atoms with van der Waals surface area (Å²) in [6, 6.07) is 6.35. The van der Waals surface area contributed by atoms with E-state index in [9.17, 15) is 13.2 Å². The predicted molar refractivity (Wildman–Crippen MR) is 89.4 cm³/mol. The number of benzene rings is 1. The average Bonchev–Trinajstić information content (AvgIpc) is 2.45. The summed E-state index contributed by atoms with van der Waals surface area (Å²) >= 11 is 0. The van der Waals surface area contributed by atoms with Crippen LogP contribution < -0.4 is 11.1 Å². The molecule has 0 radical (unpaired) electrons. The highest BCUT2D eigenvalue weighted by Gasteiger charge is 2.17. The van der Waals surface area contributed by atoms with E-state index in [1.54, 1.807) is 24.3 Å². The number of nitrogens with one attached hydrogen (secondary N) is 1. The number of nitrogens with two attached hydrogens (primary N) is 1. The largest absolute Gasteiger partial charge is 0.350 e. The van der Waals surface area contributed by atoms with Gasteiger partial charge in [-0.1, -0.05) is 12.1 Å². The molecule has 0 aliphatic rings. The monoisotopic (exact) mass is 349 g/mol. The van der Waals surface area contributed by atoms with E-state index in [-0.39, 0.29) is 29.3 Å². The summed E-state index contributed by atoms with van der Waals surface area (Å²) in [5, 5.41) is 2.86. The first kappa shape index (κ1) is 20.9. The molecular weight excluding hydrogens is 326 g/mol. The lowest BCUT2D eigenvalue weighted by molar-refractivity contribution is -0.121. The molecular formula is C14H24ClN3O3S. The van der Waals surface area contributed by atoms with Crippen molar-refractivity contribution >= 4 is 28.3 Å². The number of hydrogen-bond acceptors (Lipinski definition) is 4. The summed E-state index contributed by atoms with van der Waals surface area (Å²) in [7, 11) is -0.443. The van der Waals surface area contributed by atoms with Gasteiger partial charge in [0.25, 0.3) is 0 Å². The molecule has 1 rings (SSSR count). The number of nitrogens with zero attached hydrogens (tertiary/aromatic N) is 1. The number of halogens is 1. The van der Waals surface area contributed by atoms with Gasteiger partial charge in [-0.15, -0.1) is 12.4 Å². The fourth-order valence-corrected chi connectivity index (χ4v) is 2.70. The first-order valence-electron chi connectivity index (χ1n) is 6.81. The van der Waals surface area contributed by atoms with Crippen LogP contribution in [0.25, 0.3) is 0 Å². The Morgan fingerprint density at radius 1 is 1.27 bits per heavy atom. The smallest absolute Gasteiger partial charge is 0.242 e. The molecule has 1 amide bonds. The second-order valence-electron chi connectivity index (χ2n) is 5.04. The van der Waals surface area contributed by atoms with Crippen molar-refractivity contribution < 1.29 is 13.2 Å². The molecule has 22 heavy (non-hydrogen) atoms. The highest BCUT2D eigenvalue weighted by Crippen LogP contribution is 2.18. The van der Waals surface area contributed by atoms with Crippen molar-refractivity contribution in [2.75, 3.05) is 20.6 Å². The standard InChI is InChI=1S/C14H23N3O3S.ClH/c1-11(16-14(18)5-4-10-15)12-6-8-13(9-7-12)21(19,20)17(2)3;/h6-9,11H,4-5,10,15H2,1-3H3,(H,16,18);1H. The maximum Gasteiger partial charge on any atom is 0.242 e. The first-order chi connectivity index (χ1) is 9.78. The topological polar surface area (TPSA) is 92.5 Å². The molecule has 0 spiro atoms. The zero-order valence-corrected chi connectivity index (χ0v) is 14.7. The van der Waals surface area contributed by atoms with Crippen molar-refractivity contribution in [1.29, 1.82) is 0 Å². The second kappa shape index (κ2) is 9.09. The average molecular weight is 350 g/mol. The number of carbonyl (C=O) groups excluding carboxylic acids is 1. The van der Waals surface area contributed by atoms with E-state index in [0.29, 0.717) is 19.4 Å². The van der Waals surface area contributed by atoms with E-state index >= 15 is 0 Å². The molecule has 0 aromatic heterocycles. The third-order valence-corrected chi connectivity index (χ3v) is 4.97. The van der Waals surface area contributed by atoms with Crippen molar-refractivity contribution in [1.82, 2.24) is 9.62 Å². The van der Waals surface area contributed by atoms with Gasteiger partial charge in [-0.3, -0.25) is 4.79 Å². The molecule has 0 bridgehead atoms. The molecule has 3 N–H and O–H groups in total. The van der Waals surface area contributed by atoms with Gasteiger partial charge in [-0.2, -0.15) is 0 Å². The predicted octanol–water partition coefficient (Wildman–Crippen LogP) is 1.27. The molecule has 1 unspecified atom stereocenters. The van der Waals surface area contributed by atoms with Crippen LogP contribution in [0.4, 0.5) is 0 Å². The van der Waals surface area contributed by atoms with Crippen LogP contribution in [-0.2, 0) is 14.8 Å². The number of carbonyl (C=O) groups is 1. The fourth-order valence-electron chi connectivity index (χ4n) is 1.80. The molecule has 0 heterocycles. The Kier molecular flexibility index (Phi) is 8.62. The minimum absolute atomic E-state index is 0. The summed E-state index contributed by atoms with van der Waals surface area (Å²) in [6.45, 7) is 2.34. The van der Waals surface area contributed by atoms with Gasteiger partial charge in [0, 0.05) is 20.5 Å². The second-order valence-corrected chi connectivity index (χ2v) is 7.19. The van der Waals surface area contributed by atoms with Crippen molar-refractivity contribution in [3.8, 4) is 0 Å². The van der Waals surface area contributed by atoms with E-state index in [4.69, 9.17) is 5.73 Å². The minimum Gasteiger partial charge on any atom is -0.350 e. The normalized spacial score (nSPS) is 12.6. The van der Waals surface area contributed by atoms with Crippen LogP contribution in [0.3, 0.4) is 0 Å². The Morgan fingerprint density at radius 3 is 2.27 bits per heavy atom. The van der Waals surface area contributed by atoms with Gasteiger partial charge < -0.3 is 11.1 Å². The lowest BCUT2D eigenvalue weighted by Crippen LogP contribution is -2.27. The number of rotatable bonds is 7. The van der Waals surface area contributed by atoms with Gasteiger partial charge in [0.1, 0.15) is 0 Å². The van der Waals surface area contributed by atoms with Crippen LogP contribution in [0.15, 0.2) is 29.2 Å². The zero-order chi connectivity index (χ0) is 16.0. The van der Waals surface area contributed by atoms with Gasteiger partial charge in [0.05, 0.1) is 10.9 Å². The Labute approximate surface area is 138 Å². The lowest BCUT2D eigenvalue weighted by atomic mass is 10.1. The Morgan fingerprint density at radius 2 is 1.82 bits per heavy atom. The molecule has 1 aromatic rings. The summed E-state index contributed by atoms with van der Waals surface area (Å²) in [6.07, 6.45) is 1.05. The summed E-state index contributed by atoms with van der Waals surface area (Å²) in [5.74, 6) is -0.0575. The van der Waals surface area contributed by atoms with E-state index < -0.39 is 10.0 Å². The maximum absolute atomic E-state index is 12.0. The fraction of sp³-hybridized carbons (Fsp3) is 0.500. The van der Waals surface area contributed by atoms with Crippen LogP contribution in [0, 0.1) is 0 Å². The van der Waals surface area contributed by atoms with Crippen LogP contribution in [-0.4, -0.2) is 39.3 Å². The molecule has 0 fully saturated rings. The van der Waals surface area contributed by atoms with Crippen LogP contribution in [0.2, 0.25) is 0 Å². The van der Waals surface area contributed by atoms with E-state index in [1.807, 2.05) is 6.92 Å². The quantitative estimate of drug-likeness (QED) is 0.775. The van der Waals surface area contributed by atoms with Gasteiger partial charge >= 0.3 is 0 Å². The molecule has 1 aromatic carbocycles. The van der Waals surface area contributed by atoms with Gasteiger partial charge in [-0.25, -0.2) is 12.7 Å². The molecule has 6 nitrogen and oxygen atoms in total. The first-order valence-corrected chi connectivity index (χ1v) is 8.25. The van der Waals surface area contributed by atoms with Gasteiger partial charge in [0.15, 0.2) is 0 Å². The number of sulfonamides is 1. The van der Waals surface area contributed by atoms with Crippen molar-refractivity contribution in [3.63, 3.8) is 0 Å². The molecule has 0 saturated heterocycles. The van der Waals surface area contributed by atoms with Crippen molar-refractivity contribution in [2.45, 2.75) is 30.7 Å². The molecule has 126 valence electrons. The minimum atomic E-state index is -3.42. The molecule has 8 heteroatoms. The number of amides is 1. The summed E-state index contributed by atoms with van der Waals surface area (Å²) in [4.78, 5) is 11.9. The third kappa shape index (κ3) is 5.57. The number of hydrogen-bond donors (Lipinski definition) is 2. The molecule has 1 atom stereocenters. The van der Waals surface area contributed by atoms with E-state index in [2.05, 4.69) is 5.32 Å². The third-order valence-electron chi connectivity index (χ3n) is 3.14. The van der Waals surface area contributed by atoms with Crippen LogP contribution >= 0.6 is 12.4 Å². The highest BCUT2D eigenvalue weighted by atomic mass is 35.5. The zero-order valence-electron chi connectivity index (χ0n) is 13.1. The molecule has 0 aliphatic heterocycles. The van der Waals surface area contributed by atoms with Crippen molar-refractivity contribution in [3.05, 3.63) is 29.8 Å². The Bertz CT molecular complexity index is 574. The Hall–Kier alpha value is -1.15. The van der Waals surface area contributed by atoms with E-state index in [0.717, 1.165) is 5.56 Å². The summed E-state index contributed by atoms with van der Waals surface area (Å²) < 4.78 is 25.1. The van der Waals surface area contributed by atoms with Crippen LogP contribution in [0.5, 0.6) is 0 Å². The highest BCUT2D eigenvalue weighted by molar-refractivity contribution is 7.89. The van der Waals surface area contributed by atoms with Crippen molar-refractivity contribution in [2.24, 2.45) is 5.73 Å². The van der Waals surface area contributed by atoms with Crippen LogP contribution in [0.1, 0.15) is 31.4 Å². The maximum atomic E-state index is 12.0. The molecule has 0 saturated carbocycles. The van der Waals surface area contributed by atoms with E-state index in [1.165, 1.54) is 18.4 Å².